The van der Waals surface area contributed by atoms with E-state index in [0.29, 0.717) is 31.2 Å². The molecule has 1 N–H and O–H groups in total. The fourth-order valence-corrected chi connectivity index (χ4v) is 8.78. The Morgan fingerprint density at radius 2 is 1.63 bits per heavy atom. The van der Waals surface area contributed by atoms with Gasteiger partial charge >= 0.3 is 18.1 Å². The van der Waals surface area contributed by atoms with Crippen LogP contribution in [0.2, 0.25) is 0 Å². The van der Waals surface area contributed by atoms with Gasteiger partial charge in [0.15, 0.2) is 5.78 Å². The standard InChI is InChI=1S/C37H39F5O4/c1-33(2,3)46-32(44)25-7-5-6-23(18-25)21-8-10-22(11-9-21)29-20-34(4)30(16-17-35(34,45)36(38,39)37(40,41)42)28-14-12-24-19-26(43)13-15-27(24)31(28)29/h5-11,18-19,28-30,45H,12-17,20H2,1-4H3/t28?,29-,30?,34+,35+/m1/s1. The number of ether oxygens (including phenoxy) is 1. The van der Waals surface area contributed by atoms with E-state index in [1.165, 1.54) is 6.92 Å². The molecule has 2 saturated carbocycles. The molecule has 0 radical (unpaired) electrons. The molecule has 0 aromatic heterocycles. The highest BCUT2D eigenvalue weighted by atomic mass is 19.4. The number of hydrogen-bond donors (Lipinski definition) is 1. The summed E-state index contributed by atoms with van der Waals surface area (Å²) >= 11 is 0. The topological polar surface area (TPSA) is 63.6 Å². The van der Waals surface area contributed by atoms with Gasteiger partial charge in [0.1, 0.15) is 11.2 Å². The lowest BCUT2D eigenvalue weighted by molar-refractivity contribution is -0.362. The number of alkyl halides is 5. The number of hydrogen-bond acceptors (Lipinski definition) is 4. The number of esters is 1. The zero-order valence-electron chi connectivity index (χ0n) is 26.4. The minimum Gasteiger partial charge on any atom is -0.456 e. The Labute approximate surface area is 265 Å². The first-order valence-electron chi connectivity index (χ1n) is 15.9. The summed E-state index contributed by atoms with van der Waals surface area (Å²) in [6.45, 7) is 6.78. The van der Waals surface area contributed by atoms with Crippen LogP contribution < -0.4 is 0 Å². The van der Waals surface area contributed by atoms with Crippen LogP contribution in [0.25, 0.3) is 11.1 Å². The lowest BCUT2D eigenvalue weighted by atomic mass is 9.50. The van der Waals surface area contributed by atoms with Crippen molar-refractivity contribution in [2.75, 3.05) is 0 Å². The quantitative estimate of drug-likeness (QED) is 0.267. The van der Waals surface area contributed by atoms with Gasteiger partial charge in [-0.15, -0.1) is 0 Å². The van der Waals surface area contributed by atoms with E-state index in [1.54, 1.807) is 45.0 Å². The van der Waals surface area contributed by atoms with Gasteiger partial charge in [0, 0.05) is 17.8 Å². The van der Waals surface area contributed by atoms with Crippen molar-refractivity contribution in [3.8, 4) is 11.1 Å². The molecule has 4 aliphatic rings. The first-order valence-corrected chi connectivity index (χ1v) is 15.9. The third kappa shape index (κ3) is 5.13. The van der Waals surface area contributed by atoms with Crippen molar-refractivity contribution >= 4 is 11.8 Å². The summed E-state index contributed by atoms with van der Waals surface area (Å²) in [4.78, 5) is 25.0. The molecule has 0 spiro atoms. The second-order valence-corrected chi connectivity index (χ2v) is 14.7. The molecule has 0 amide bonds. The normalized spacial score (nSPS) is 29.9. The largest absolute Gasteiger partial charge is 0.456 e. The average molecular weight is 643 g/mol. The average Bonchev–Trinajstić information content (AvgIpc) is 3.26. The van der Waals surface area contributed by atoms with E-state index >= 15 is 8.78 Å². The SMILES string of the molecule is CC(C)(C)OC(=O)c1cccc(-c2ccc([C@H]3C[C@@]4(C)C(CC[C@@]4(O)C(F)(F)C(F)(F)F)C4CCC5=CC(=O)CCC5=C43)cc2)c1. The maximum absolute atomic E-state index is 15.3. The molecule has 9 heteroatoms. The van der Waals surface area contributed by atoms with Crippen molar-refractivity contribution in [1.82, 2.24) is 0 Å². The summed E-state index contributed by atoms with van der Waals surface area (Å²) in [6.07, 6.45) is -2.97. The fraction of sp³-hybridized carbons (Fsp3) is 0.514. The Kier molecular flexibility index (Phi) is 7.70. The van der Waals surface area contributed by atoms with Crippen molar-refractivity contribution in [2.45, 2.75) is 102 Å². The highest BCUT2D eigenvalue weighted by Gasteiger charge is 2.79. The fourth-order valence-electron chi connectivity index (χ4n) is 8.78. The van der Waals surface area contributed by atoms with Gasteiger partial charge in [-0.3, -0.25) is 4.79 Å². The van der Waals surface area contributed by atoms with Gasteiger partial charge in [0.25, 0.3) is 0 Å². The van der Waals surface area contributed by atoms with Crippen LogP contribution in [0.4, 0.5) is 22.0 Å². The predicted octanol–water partition coefficient (Wildman–Crippen LogP) is 9.14. The smallest absolute Gasteiger partial charge is 0.456 e. The van der Waals surface area contributed by atoms with E-state index in [0.717, 1.165) is 33.4 Å². The number of benzene rings is 2. The molecule has 0 saturated heterocycles. The van der Waals surface area contributed by atoms with Crippen molar-refractivity contribution in [2.24, 2.45) is 17.3 Å². The van der Waals surface area contributed by atoms with Crippen LogP contribution >= 0.6 is 0 Å². The van der Waals surface area contributed by atoms with E-state index in [2.05, 4.69) is 0 Å². The van der Waals surface area contributed by atoms with Gasteiger partial charge in [-0.05, 0) is 117 Å². The Balaban J connectivity index is 1.42. The van der Waals surface area contributed by atoms with Crippen LogP contribution in [0.5, 0.6) is 0 Å². The van der Waals surface area contributed by atoms with Gasteiger partial charge in [0.2, 0.25) is 0 Å². The molecule has 4 aliphatic carbocycles. The molecule has 5 atom stereocenters. The number of carbonyl (C=O) groups excluding carboxylic acids is 2. The van der Waals surface area contributed by atoms with Crippen molar-refractivity contribution in [1.29, 1.82) is 0 Å². The molecule has 2 aromatic rings. The molecule has 0 aliphatic heterocycles. The summed E-state index contributed by atoms with van der Waals surface area (Å²) in [5.41, 5.74) is 0.0373. The van der Waals surface area contributed by atoms with E-state index in [-0.39, 0.29) is 24.5 Å². The van der Waals surface area contributed by atoms with Crippen molar-refractivity contribution in [3.63, 3.8) is 0 Å². The summed E-state index contributed by atoms with van der Waals surface area (Å²) in [5.74, 6) is -7.06. The number of allylic oxidation sites excluding steroid dienone is 4. The summed E-state index contributed by atoms with van der Waals surface area (Å²) in [5, 5.41) is 11.5. The number of aliphatic hydroxyl groups is 1. The van der Waals surface area contributed by atoms with Gasteiger partial charge in [-0.25, -0.2) is 4.79 Å². The molecular formula is C37H39F5O4. The van der Waals surface area contributed by atoms with Crippen LogP contribution in [-0.4, -0.2) is 40.2 Å². The van der Waals surface area contributed by atoms with E-state index in [9.17, 15) is 27.9 Å². The molecular weight excluding hydrogens is 603 g/mol. The molecule has 4 nitrogen and oxygen atoms in total. The van der Waals surface area contributed by atoms with E-state index in [1.807, 2.05) is 30.3 Å². The second kappa shape index (κ2) is 10.9. The number of halogens is 5. The Bertz CT molecular complexity index is 1630. The molecule has 46 heavy (non-hydrogen) atoms. The lowest BCUT2D eigenvalue weighted by Gasteiger charge is -2.56. The first-order chi connectivity index (χ1) is 21.4. The van der Waals surface area contributed by atoms with Gasteiger partial charge in [-0.1, -0.05) is 48.9 Å². The van der Waals surface area contributed by atoms with Gasteiger partial charge in [0.05, 0.1) is 5.56 Å². The van der Waals surface area contributed by atoms with E-state index < -0.39 is 52.9 Å². The first kappa shape index (κ1) is 32.6. The maximum Gasteiger partial charge on any atom is 0.456 e. The van der Waals surface area contributed by atoms with Gasteiger partial charge < -0.3 is 9.84 Å². The third-order valence-electron chi connectivity index (χ3n) is 10.9. The Morgan fingerprint density at radius 3 is 2.28 bits per heavy atom. The molecule has 6 rings (SSSR count). The molecule has 246 valence electrons. The molecule has 0 bridgehead atoms. The molecule has 2 aromatic carbocycles. The lowest BCUT2D eigenvalue weighted by Crippen LogP contribution is -2.65. The second-order valence-electron chi connectivity index (χ2n) is 14.7. The van der Waals surface area contributed by atoms with Crippen molar-refractivity contribution in [3.05, 3.63) is 82.5 Å². The van der Waals surface area contributed by atoms with Crippen LogP contribution in [-0.2, 0) is 9.53 Å². The third-order valence-corrected chi connectivity index (χ3v) is 10.9. The number of fused-ring (bicyclic) bond motifs is 4. The minimum atomic E-state index is -5.89. The summed E-state index contributed by atoms with van der Waals surface area (Å²) in [6, 6.07) is 14.4. The Hall–Kier alpha value is -3.33. The predicted molar refractivity (Wildman–Crippen MR) is 163 cm³/mol. The van der Waals surface area contributed by atoms with Crippen LogP contribution in [0.15, 0.2) is 71.3 Å². The van der Waals surface area contributed by atoms with Crippen molar-refractivity contribution < 1.29 is 41.4 Å². The number of carbonyl (C=O) groups is 2. The zero-order chi connectivity index (χ0) is 33.4. The maximum atomic E-state index is 15.3. The minimum absolute atomic E-state index is 0.0352. The highest BCUT2D eigenvalue weighted by molar-refractivity contribution is 5.93. The molecule has 2 fully saturated rings. The highest BCUT2D eigenvalue weighted by Crippen LogP contribution is 2.70. The number of ketones is 1. The monoisotopic (exact) mass is 642 g/mol. The number of rotatable bonds is 4. The van der Waals surface area contributed by atoms with Crippen LogP contribution in [0, 0.1) is 17.3 Å². The van der Waals surface area contributed by atoms with Crippen LogP contribution in [0.3, 0.4) is 0 Å². The molecule has 2 unspecified atom stereocenters. The van der Waals surface area contributed by atoms with Gasteiger partial charge in [-0.2, -0.15) is 22.0 Å². The Morgan fingerprint density at radius 1 is 0.935 bits per heavy atom. The molecule has 0 heterocycles. The summed E-state index contributed by atoms with van der Waals surface area (Å²) in [7, 11) is 0. The van der Waals surface area contributed by atoms with Crippen LogP contribution in [0.1, 0.15) is 94.5 Å². The zero-order valence-corrected chi connectivity index (χ0v) is 26.4. The van der Waals surface area contributed by atoms with E-state index in [4.69, 9.17) is 4.74 Å². The summed E-state index contributed by atoms with van der Waals surface area (Å²) < 4.78 is 77.6.